The van der Waals surface area contributed by atoms with Gasteiger partial charge in [-0.3, -0.25) is 0 Å². The van der Waals surface area contributed by atoms with E-state index in [2.05, 4.69) is 118 Å². The summed E-state index contributed by atoms with van der Waals surface area (Å²) in [5, 5.41) is 3.71. The third-order valence-corrected chi connectivity index (χ3v) is 9.84. The van der Waals surface area contributed by atoms with Crippen molar-refractivity contribution < 1.29 is 4.11 Å². The number of fused-ring (bicyclic) bond motifs is 6. The summed E-state index contributed by atoms with van der Waals surface area (Å²) in [5.41, 5.74) is 11.1. The van der Waals surface area contributed by atoms with Crippen LogP contribution in [0.2, 0.25) is 0 Å². The Kier molecular flexibility index (Phi) is 5.84. The second-order valence-electron chi connectivity index (χ2n) is 12.7. The molecule has 0 aliphatic carbocycles. The molecule has 0 bridgehead atoms. The number of nitrogens with zero attached hydrogens (tertiary/aromatic N) is 2. The zero-order valence-corrected chi connectivity index (χ0v) is 27.1. The molecule has 0 aliphatic heterocycles. The smallest absolute Gasteiger partial charge is 0.0645 e. The summed E-state index contributed by atoms with van der Waals surface area (Å²) >= 11 is 0. The first-order chi connectivity index (χ1) is 26.1. The Morgan fingerprint density at radius 1 is 0.360 bits per heavy atom. The normalized spacial score (nSPS) is 12.4. The molecular weight excluding hydrogens is 605 g/mol. The van der Waals surface area contributed by atoms with Gasteiger partial charge in [-0.15, -0.1) is 0 Å². The van der Waals surface area contributed by atoms with E-state index in [1.807, 2.05) is 66.7 Å². The second-order valence-corrected chi connectivity index (χ2v) is 12.7. The van der Waals surface area contributed by atoms with Crippen LogP contribution in [-0.4, -0.2) is 9.13 Å². The van der Waals surface area contributed by atoms with Gasteiger partial charge in [0, 0.05) is 32.8 Å². The van der Waals surface area contributed by atoms with Crippen molar-refractivity contribution in [1.82, 2.24) is 9.13 Å². The van der Waals surface area contributed by atoms with E-state index >= 15 is 0 Å². The van der Waals surface area contributed by atoms with Crippen LogP contribution in [0, 0.1) is 0 Å². The molecule has 2 aromatic heterocycles. The van der Waals surface area contributed by atoms with Crippen molar-refractivity contribution in [3.8, 4) is 44.8 Å². The number of hydrogen-bond acceptors (Lipinski definition) is 0. The Bertz CT molecular complexity index is 3020. The Morgan fingerprint density at radius 3 is 1.78 bits per heavy atom. The lowest BCUT2D eigenvalue weighted by Crippen LogP contribution is -1.97. The summed E-state index contributed by atoms with van der Waals surface area (Å²) in [4.78, 5) is 0. The van der Waals surface area contributed by atoms with Gasteiger partial charge in [0.15, 0.2) is 0 Å². The molecule has 0 aliphatic rings. The topological polar surface area (TPSA) is 9.86 Å². The summed E-state index contributed by atoms with van der Waals surface area (Å²) in [5.74, 6) is 0. The predicted molar refractivity (Wildman–Crippen MR) is 211 cm³/mol. The van der Waals surface area contributed by atoms with Crippen LogP contribution in [0.5, 0.6) is 0 Å². The molecule has 2 nitrogen and oxygen atoms in total. The molecule has 0 N–H and O–H groups in total. The average Bonchev–Trinajstić information content (AvgIpc) is 3.75. The summed E-state index contributed by atoms with van der Waals surface area (Å²) < 4.78 is 33.4. The van der Waals surface area contributed by atoms with Crippen molar-refractivity contribution in [2.24, 2.45) is 0 Å². The highest BCUT2D eigenvalue weighted by Crippen LogP contribution is 2.42. The van der Waals surface area contributed by atoms with Crippen LogP contribution >= 0.6 is 0 Å². The van der Waals surface area contributed by atoms with E-state index in [0.717, 1.165) is 71.9 Å². The van der Waals surface area contributed by atoms with Crippen molar-refractivity contribution in [3.05, 3.63) is 194 Å². The van der Waals surface area contributed by atoms with Crippen LogP contribution < -0.4 is 0 Å². The molecule has 2 heterocycles. The zero-order valence-electron chi connectivity index (χ0n) is 30.1. The molecule has 2 heteroatoms. The van der Waals surface area contributed by atoms with Crippen LogP contribution in [0.3, 0.4) is 0 Å². The molecule has 0 radical (unpaired) electrons. The molecular formula is C48H32N2. The molecule has 0 spiro atoms. The first kappa shape index (κ1) is 25.4. The number of rotatable bonds is 5. The molecule has 0 atom stereocenters. The van der Waals surface area contributed by atoms with Gasteiger partial charge in [-0.25, -0.2) is 0 Å². The lowest BCUT2D eigenvalue weighted by Gasteiger charge is -2.14. The van der Waals surface area contributed by atoms with E-state index in [-0.39, 0.29) is 18.1 Å². The highest BCUT2D eigenvalue weighted by atomic mass is 15.0. The molecule has 10 aromatic rings. The standard InChI is InChI=1S/C48H32N2/c1-4-15-33(16-5-1)38-21-10-12-24-43(38)50-44-25-13-11-22-40(44)41-31-35(27-29-45(41)50)36-28-30-46-42(32-36)48-39(34-17-6-2-7-18-34)23-14-26-47(48)49(46)37-19-8-3-9-20-37/h1-32H/i28D,30D,32D. The van der Waals surface area contributed by atoms with Crippen LogP contribution in [0.1, 0.15) is 4.11 Å². The fourth-order valence-electron chi connectivity index (χ4n) is 7.62. The third kappa shape index (κ3) is 4.43. The first-order valence-electron chi connectivity index (χ1n) is 18.5. The van der Waals surface area contributed by atoms with Crippen molar-refractivity contribution in [2.45, 2.75) is 0 Å². The Morgan fingerprint density at radius 2 is 0.980 bits per heavy atom. The molecule has 0 saturated heterocycles. The zero-order chi connectivity index (χ0) is 35.6. The Hall–Kier alpha value is -6.64. The SMILES string of the molecule is [2H]c1c(-c2ccc3c(c2)c2ccccc2n3-c2ccccc2-c2ccccc2)c([2H])c2c3c(-c4ccccc4)cccc3n(-c3ccccc3)c2c1[2H]. The van der Waals surface area contributed by atoms with E-state index in [1.165, 1.54) is 0 Å². The summed E-state index contributed by atoms with van der Waals surface area (Å²) in [6.07, 6.45) is 0. The maximum Gasteiger partial charge on any atom is 0.0645 e. The van der Waals surface area contributed by atoms with Gasteiger partial charge >= 0.3 is 0 Å². The van der Waals surface area contributed by atoms with Crippen LogP contribution in [-0.2, 0) is 0 Å². The maximum atomic E-state index is 9.94. The van der Waals surface area contributed by atoms with Crippen molar-refractivity contribution in [3.63, 3.8) is 0 Å². The van der Waals surface area contributed by atoms with Crippen LogP contribution in [0.15, 0.2) is 194 Å². The molecule has 234 valence electrons. The highest BCUT2D eigenvalue weighted by molar-refractivity contribution is 6.17. The minimum Gasteiger partial charge on any atom is -0.309 e. The van der Waals surface area contributed by atoms with Gasteiger partial charge in [-0.05, 0) is 82.4 Å². The molecule has 50 heavy (non-hydrogen) atoms. The van der Waals surface area contributed by atoms with Crippen LogP contribution in [0.4, 0.5) is 0 Å². The van der Waals surface area contributed by atoms with E-state index in [4.69, 9.17) is 0 Å². The Labute approximate surface area is 294 Å². The number of benzene rings is 8. The quantitative estimate of drug-likeness (QED) is 0.177. The fraction of sp³-hybridized carbons (Fsp3) is 0. The van der Waals surface area contributed by atoms with Crippen molar-refractivity contribution in [1.29, 1.82) is 0 Å². The second kappa shape index (κ2) is 11.5. The minimum absolute atomic E-state index is 0.0428. The summed E-state index contributed by atoms with van der Waals surface area (Å²) in [7, 11) is 0. The van der Waals surface area contributed by atoms with Gasteiger partial charge in [0.25, 0.3) is 0 Å². The number of hydrogen-bond donors (Lipinski definition) is 0. The number of para-hydroxylation sites is 3. The van der Waals surface area contributed by atoms with E-state index in [1.54, 1.807) is 0 Å². The number of aromatic nitrogens is 2. The van der Waals surface area contributed by atoms with Gasteiger partial charge in [-0.1, -0.05) is 140 Å². The molecule has 0 amide bonds. The van der Waals surface area contributed by atoms with Gasteiger partial charge in [0.05, 0.1) is 31.9 Å². The van der Waals surface area contributed by atoms with Gasteiger partial charge in [0.1, 0.15) is 0 Å². The van der Waals surface area contributed by atoms with E-state index in [9.17, 15) is 4.11 Å². The monoisotopic (exact) mass is 639 g/mol. The molecule has 0 saturated carbocycles. The molecule has 8 aromatic carbocycles. The fourth-order valence-corrected chi connectivity index (χ4v) is 7.62. The van der Waals surface area contributed by atoms with E-state index in [0.29, 0.717) is 16.5 Å². The lowest BCUT2D eigenvalue weighted by atomic mass is 9.97. The molecule has 0 unspecified atom stereocenters. The van der Waals surface area contributed by atoms with Crippen molar-refractivity contribution in [2.75, 3.05) is 0 Å². The van der Waals surface area contributed by atoms with Crippen LogP contribution in [0.25, 0.3) is 88.4 Å². The summed E-state index contributed by atoms with van der Waals surface area (Å²) in [6.45, 7) is 0. The highest BCUT2D eigenvalue weighted by Gasteiger charge is 2.19. The molecule has 10 rings (SSSR count). The van der Waals surface area contributed by atoms with Gasteiger partial charge in [0.2, 0.25) is 0 Å². The minimum atomic E-state index is 0.0428. The third-order valence-electron chi connectivity index (χ3n) is 9.84. The van der Waals surface area contributed by atoms with Gasteiger partial charge in [-0.2, -0.15) is 0 Å². The molecule has 0 fully saturated rings. The first-order valence-corrected chi connectivity index (χ1v) is 17.0. The predicted octanol–water partition coefficient (Wildman–Crippen LogP) is 12.9. The Balaban J connectivity index is 1.27. The maximum absolute atomic E-state index is 9.94. The van der Waals surface area contributed by atoms with Crippen molar-refractivity contribution >= 4 is 43.6 Å². The van der Waals surface area contributed by atoms with Gasteiger partial charge < -0.3 is 9.13 Å². The largest absolute Gasteiger partial charge is 0.309 e. The van der Waals surface area contributed by atoms with E-state index < -0.39 is 0 Å². The summed E-state index contributed by atoms with van der Waals surface area (Å²) in [6, 6.07) is 60.4. The lowest BCUT2D eigenvalue weighted by molar-refractivity contribution is 1.18. The average molecular weight is 640 g/mol.